The highest BCUT2D eigenvalue weighted by Crippen LogP contribution is 2.61. The number of rotatable bonds is 3. The van der Waals surface area contributed by atoms with E-state index in [1.165, 1.54) is 5.56 Å². The van der Waals surface area contributed by atoms with Gasteiger partial charge in [-0.2, -0.15) is 0 Å². The standard InChI is InChI=1S/C21H29F2NO2/c1-24-11-10-20(15-4-5-16(25-2)17(12-15)26-3)8-6-19(13-18(20)24)7-9-21(22,23)14-19/h4-5,12,18H,6-11,13-14H2,1-3H3. The fourth-order valence-electron chi connectivity index (χ4n) is 5.95. The maximum absolute atomic E-state index is 14.0. The van der Waals surface area contributed by atoms with E-state index in [9.17, 15) is 8.78 Å². The number of nitrogens with zero attached hydrogens (tertiary/aromatic N) is 1. The Labute approximate surface area is 154 Å². The molecule has 0 aromatic heterocycles. The lowest BCUT2D eigenvalue weighted by atomic mass is 9.58. The van der Waals surface area contributed by atoms with Gasteiger partial charge in [0.2, 0.25) is 5.92 Å². The number of fused-ring (bicyclic) bond motifs is 1. The van der Waals surface area contributed by atoms with Crippen LogP contribution in [0, 0.1) is 5.41 Å². The summed E-state index contributed by atoms with van der Waals surface area (Å²) in [6.45, 7) is 1.02. The predicted octanol–water partition coefficient (Wildman–Crippen LogP) is 4.64. The number of methoxy groups -OCH3 is 2. The maximum atomic E-state index is 14.0. The predicted molar refractivity (Wildman–Crippen MR) is 97.3 cm³/mol. The average Bonchev–Trinajstić information content (AvgIpc) is 3.12. The first kappa shape index (κ1) is 18.0. The van der Waals surface area contributed by atoms with Crippen LogP contribution in [0.3, 0.4) is 0 Å². The third kappa shape index (κ3) is 2.70. The van der Waals surface area contributed by atoms with Crippen LogP contribution in [0.4, 0.5) is 8.78 Å². The highest BCUT2D eigenvalue weighted by molar-refractivity contribution is 5.46. The molecular formula is C21H29F2NO2. The van der Waals surface area contributed by atoms with E-state index >= 15 is 0 Å². The van der Waals surface area contributed by atoms with Gasteiger partial charge in [-0.3, -0.25) is 0 Å². The number of likely N-dealkylation sites (N-methyl/N-ethyl adjacent to an activating group) is 1. The average molecular weight is 365 g/mol. The monoisotopic (exact) mass is 365 g/mol. The van der Waals surface area contributed by atoms with Crippen molar-refractivity contribution in [3.8, 4) is 11.5 Å². The number of alkyl halides is 2. The van der Waals surface area contributed by atoms with Crippen molar-refractivity contribution >= 4 is 0 Å². The van der Waals surface area contributed by atoms with E-state index in [4.69, 9.17) is 9.47 Å². The highest BCUT2D eigenvalue weighted by Gasteiger charge is 2.58. The van der Waals surface area contributed by atoms with Crippen molar-refractivity contribution in [2.75, 3.05) is 27.8 Å². The van der Waals surface area contributed by atoms with Gasteiger partial charge in [0.25, 0.3) is 0 Å². The summed E-state index contributed by atoms with van der Waals surface area (Å²) in [5, 5.41) is 0. The molecule has 4 rings (SSSR count). The summed E-state index contributed by atoms with van der Waals surface area (Å²) in [7, 11) is 5.46. The minimum Gasteiger partial charge on any atom is -0.493 e. The third-order valence-corrected chi connectivity index (χ3v) is 7.42. The molecule has 1 aromatic rings. The van der Waals surface area contributed by atoms with Crippen LogP contribution < -0.4 is 9.47 Å². The highest BCUT2D eigenvalue weighted by atomic mass is 19.3. The van der Waals surface area contributed by atoms with E-state index in [1.807, 2.05) is 6.07 Å². The summed E-state index contributed by atoms with van der Waals surface area (Å²) in [5.74, 6) is -0.987. The zero-order chi connectivity index (χ0) is 18.6. The number of hydrogen-bond donors (Lipinski definition) is 0. The fraction of sp³-hybridized carbons (Fsp3) is 0.714. The van der Waals surface area contributed by atoms with Gasteiger partial charge in [-0.25, -0.2) is 8.78 Å². The molecule has 3 aliphatic rings. The van der Waals surface area contributed by atoms with E-state index in [2.05, 4.69) is 24.1 Å². The molecule has 3 fully saturated rings. The molecule has 1 aromatic carbocycles. The molecule has 2 aliphatic carbocycles. The van der Waals surface area contributed by atoms with Crippen LogP contribution >= 0.6 is 0 Å². The van der Waals surface area contributed by atoms with E-state index in [1.54, 1.807) is 14.2 Å². The number of ether oxygens (including phenoxy) is 2. The second kappa shape index (κ2) is 6.08. The quantitative estimate of drug-likeness (QED) is 0.779. The minimum absolute atomic E-state index is 0.0391. The second-order valence-corrected chi connectivity index (χ2v) is 8.71. The molecule has 3 unspecified atom stereocenters. The lowest BCUT2D eigenvalue weighted by Gasteiger charge is -2.49. The Morgan fingerprint density at radius 1 is 1.00 bits per heavy atom. The molecule has 0 radical (unpaired) electrons. The summed E-state index contributed by atoms with van der Waals surface area (Å²) >= 11 is 0. The Morgan fingerprint density at radius 2 is 1.73 bits per heavy atom. The van der Waals surface area contributed by atoms with Gasteiger partial charge in [0, 0.05) is 24.3 Å². The van der Waals surface area contributed by atoms with Crippen molar-refractivity contribution in [2.45, 2.75) is 62.3 Å². The first-order chi connectivity index (χ1) is 12.3. The maximum Gasteiger partial charge on any atom is 0.248 e. The summed E-state index contributed by atoms with van der Waals surface area (Å²) in [5.41, 5.74) is 1.13. The Kier molecular flexibility index (Phi) is 4.22. The zero-order valence-corrected chi connectivity index (χ0v) is 16.0. The first-order valence-electron chi connectivity index (χ1n) is 9.64. The first-order valence-corrected chi connectivity index (χ1v) is 9.64. The Hall–Kier alpha value is -1.36. The summed E-state index contributed by atoms with van der Waals surface area (Å²) in [6, 6.07) is 6.55. The Bertz CT molecular complexity index is 695. The molecule has 1 saturated heterocycles. The van der Waals surface area contributed by atoms with Crippen molar-refractivity contribution in [3.05, 3.63) is 23.8 Å². The minimum atomic E-state index is -2.47. The number of halogens is 2. The Morgan fingerprint density at radius 3 is 2.38 bits per heavy atom. The topological polar surface area (TPSA) is 21.7 Å². The van der Waals surface area contributed by atoms with Crippen LogP contribution in [0.1, 0.15) is 50.5 Å². The fourth-order valence-corrected chi connectivity index (χ4v) is 5.95. The van der Waals surface area contributed by atoms with E-state index in [0.717, 1.165) is 43.7 Å². The van der Waals surface area contributed by atoms with Crippen LogP contribution in [0.2, 0.25) is 0 Å². The molecule has 144 valence electrons. The summed E-state index contributed by atoms with van der Waals surface area (Å²) < 4.78 is 38.9. The normalized spacial score (nSPS) is 36.3. The van der Waals surface area contributed by atoms with E-state index in [-0.39, 0.29) is 23.7 Å². The molecule has 1 aliphatic heterocycles. The van der Waals surface area contributed by atoms with Crippen LogP contribution in [0.25, 0.3) is 0 Å². The summed E-state index contributed by atoms with van der Waals surface area (Å²) in [4.78, 5) is 2.40. The molecule has 0 bridgehead atoms. The van der Waals surface area contributed by atoms with Gasteiger partial charge in [-0.15, -0.1) is 0 Å². The summed E-state index contributed by atoms with van der Waals surface area (Å²) in [6.07, 6.45) is 4.66. The van der Waals surface area contributed by atoms with E-state index < -0.39 is 5.92 Å². The molecule has 1 spiro atoms. The van der Waals surface area contributed by atoms with Crippen molar-refractivity contribution in [1.82, 2.24) is 4.90 Å². The van der Waals surface area contributed by atoms with Gasteiger partial charge in [0.1, 0.15) is 0 Å². The largest absolute Gasteiger partial charge is 0.493 e. The van der Waals surface area contributed by atoms with Gasteiger partial charge in [0.05, 0.1) is 14.2 Å². The second-order valence-electron chi connectivity index (χ2n) is 8.71. The van der Waals surface area contributed by atoms with Gasteiger partial charge in [0.15, 0.2) is 11.5 Å². The van der Waals surface area contributed by atoms with Gasteiger partial charge in [-0.05, 0) is 68.8 Å². The lowest BCUT2D eigenvalue weighted by Crippen LogP contribution is -2.49. The molecule has 5 heteroatoms. The van der Waals surface area contributed by atoms with Crippen LogP contribution in [0.5, 0.6) is 11.5 Å². The van der Waals surface area contributed by atoms with Crippen molar-refractivity contribution < 1.29 is 18.3 Å². The molecule has 0 N–H and O–H groups in total. The van der Waals surface area contributed by atoms with E-state index in [0.29, 0.717) is 12.5 Å². The Balaban J connectivity index is 1.68. The van der Waals surface area contributed by atoms with Gasteiger partial charge in [-0.1, -0.05) is 6.07 Å². The molecule has 3 nitrogen and oxygen atoms in total. The zero-order valence-electron chi connectivity index (χ0n) is 16.0. The molecule has 26 heavy (non-hydrogen) atoms. The molecule has 2 saturated carbocycles. The van der Waals surface area contributed by atoms with Gasteiger partial charge < -0.3 is 14.4 Å². The smallest absolute Gasteiger partial charge is 0.248 e. The van der Waals surface area contributed by atoms with Crippen molar-refractivity contribution in [3.63, 3.8) is 0 Å². The van der Waals surface area contributed by atoms with Crippen molar-refractivity contribution in [1.29, 1.82) is 0 Å². The molecule has 3 atom stereocenters. The molecule has 1 heterocycles. The van der Waals surface area contributed by atoms with Crippen LogP contribution in [-0.2, 0) is 5.41 Å². The lowest BCUT2D eigenvalue weighted by molar-refractivity contribution is -0.0186. The molecular weight excluding hydrogens is 336 g/mol. The van der Waals surface area contributed by atoms with Crippen molar-refractivity contribution in [2.24, 2.45) is 5.41 Å². The molecule has 0 amide bonds. The SMILES string of the molecule is COc1ccc(C23CCN(C)C2CC2(CCC(F)(F)C2)CC3)cc1OC. The van der Waals surface area contributed by atoms with Crippen LogP contribution in [0.15, 0.2) is 18.2 Å². The number of likely N-dealkylation sites (tertiary alicyclic amines) is 1. The van der Waals surface area contributed by atoms with Crippen LogP contribution in [-0.4, -0.2) is 44.7 Å². The third-order valence-electron chi connectivity index (χ3n) is 7.42. The number of benzene rings is 1. The van der Waals surface area contributed by atoms with Gasteiger partial charge >= 0.3 is 0 Å². The number of hydrogen-bond acceptors (Lipinski definition) is 3.